The molecule has 1 aromatic heterocycles. The molecular formula is C24H30N4OS. The van der Waals surface area contributed by atoms with Crippen LogP contribution in [0.2, 0.25) is 0 Å². The molecular weight excluding hydrogens is 392 g/mol. The van der Waals surface area contributed by atoms with Crippen molar-refractivity contribution in [2.75, 3.05) is 39.8 Å². The van der Waals surface area contributed by atoms with E-state index in [2.05, 4.69) is 54.0 Å². The smallest absolute Gasteiger partial charge is 0.237 e. The van der Waals surface area contributed by atoms with E-state index in [4.69, 9.17) is 4.98 Å². The standard InChI is InChI=1S/C24H30N4OS/c1-18-7-6-8-20(15-18)16-27-11-13-28(14-12-27)17-23(29)26(3)19(2)24-25-21-9-4-5-10-22(21)30-24/h4-10,15,19H,11-14,16-17H2,1-3H3/t19-/m1/s1. The number of amides is 1. The van der Waals surface area contributed by atoms with Crippen LogP contribution in [0.25, 0.3) is 10.2 Å². The van der Waals surface area contributed by atoms with E-state index in [1.807, 2.05) is 30.1 Å². The maximum Gasteiger partial charge on any atom is 0.237 e. The molecule has 5 nitrogen and oxygen atoms in total. The molecule has 2 aromatic carbocycles. The van der Waals surface area contributed by atoms with E-state index in [0.29, 0.717) is 6.54 Å². The van der Waals surface area contributed by atoms with E-state index in [9.17, 15) is 4.79 Å². The van der Waals surface area contributed by atoms with Gasteiger partial charge in [-0.3, -0.25) is 14.6 Å². The van der Waals surface area contributed by atoms with Crippen LogP contribution in [-0.2, 0) is 11.3 Å². The van der Waals surface area contributed by atoms with Gasteiger partial charge in [-0.2, -0.15) is 0 Å². The first-order chi connectivity index (χ1) is 14.5. The number of fused-ring (bicyclic) bond motifs is 1. The molecule has 30 heavy (non-hydrogen) atoms. The summed E-state index contributed by atoms with van der Waals surface area (Å²) in [6, 6.07) is 16.8. The molecule has 1 fully saturated rings. The van der Waals surface area contributed by atoms with Gasteiger partial charge in [0.05, 0.1) is 22.8 Å². The summed E-state index contributed by atoms with van der Waals surface area (Å²) in [4.78, 5) is 24.2. The third-order valence-corrected chi connectivity index (χ3v) is 7.16. The summed E-state index contributed by atoms with van der Waals surface area (Å²) in [6.07, 6.45) is 0. The van der Waals surface area contributed by atoms with Gasteiger partial charge in [0.2, 0.25) is 5.91 Å². The van der Waals surface area contributed by atoms with Gasteiger partial charge in [-0.05, 0) is 31.5 Å². The molecule has 0 bridgehead atoms. The van der Waals surface area contributed by atoms with Gasteiger partial charge in [0, 0.05) is 39.8 Å². The number of thiazole rings is 1. The van der Waals surface area contributed by atoms with Crippen LogP contribution >= 0.6 is 11.3 Å². The molecule has 0 saturated carbocycles. The normalized spacial score (nSPS) is 16.6. The fourth-order valence-electron chi connectivity index (χ4n) is 3.93. The van der Waals surface area contributed by atoms with Gasteiger partial charge in [-0.1, -0.05) is 42.0 Å². The van der Waals surface area contributed by atoms with Gasteiger partial charge in [-0.25, -0.2) is 4.98 Å². The van der Waals surface area contributed by atoms with Crippen molar-refractivity contribution in [3.05, 3.63) is 64.7 Å². The summed E-state index contributed by atoms with van der Waals surface area (Å²) in [5, 5.41) is 0.995. The van der Waals surface area contributed by atoms with Crippen LogP contribution in [0.1, 0.15) is 29.1 Å². The number of carbonyl (C=O) groups excluding carboxylic acids is 1. The number of aromatic nitrogens is 1. The van der Waals surface area contributed by atoms with E-state index in [1.165, 1.54) is 15.8 Å². The van der Waals surface area contributed by atoms with Crippen LogP contribution in [0.15, 0.2) is 48.5 Å². The minimum Gasteiger partial charge on any atom is -0.335 e. The Morgan fingerprint density at radius 2 is 1.83 bits per heavy atom. The number of carbonyl (C=O) groups is 1. The number of likely N-dealkylation sites (N-methyl/N-ethyl adjacent to an activating group) is 1. The highest BCUT2D eigenvalue weighted by molar-refractivity contribution is 7.18. The summed E-state index contributed by atoms with van der Waals surface area (Å²) >= 11 is 1.67. The molecule has 0 spiro atoms. The Morgan fingerprint density at radius 3 is 2.57 bits per heavy atom. The van der Waals surface area contributed by atoms with Gasteiger partial charge in [-0.15, -0.1) is 11.3 Å². The fraction of sp³-hybridized carbons (Fsp3) is 0.417. The average Bonchev–Trinajstić information content (AvgIpc) is 3.18. The summed E-state index contributed by atoms with van der Waals surface area (Å²) in [5.41, 5.74) is 3.68. The Labute approximate surface area is 182 Å². The molecule has 1 aliphatic heterocycles. The van der Waals surface area contributed by atoms with Crippen LogP contribution in [0.3, 0.4) is 0 Å². The molecule has 2 heterocycles. The Kier molecular flexibility index (Phi) is 6.46. The molecule has 1 atom stereocenters. The van der Waals surface area contributed by atoms with Gasteiger partial charge < -0.3 is 4.90 Å². The number of nitrogens with zero attached hydrogens (tertiary/aromatic N) is 4. The molecule has 1 saturated heterocycles. The molecule has 0 aliphatic carbocycles. The summed E-state index contributed by atoms with van der Waals surface area (Å²) in [7, 11) is 1.90. The Hall–Kier alpha value is -2.28. The lowest BCUT2D eigenvalue weighted by Crippen LogP contribution is -2.49. The van der Waals surface area contributed by atoms with E-state index < -0.39 is 0 Å². The molecule has 158 valence electrons. The minimum absolute atomic E-state index is 0.0162. The number of benzene rings is 2. The maximum atomic E-state index is 12.9. The predicted molar refractivity (Wildman–Crippen MR) is 124 cm³/mol. The Bertz CT molecular complexity index is 976. The number of aryl methyl sites for hydroxylation is 1. The van der Waals surface area contributed by atoms with Crippen molar-refractivity contribution in [3.8, 4) is 0 Å². The molecule has 1 amide bonds. The number of hydrogen-bond acceptors (Lipinski definition) is 5. The first-order valence-corrected chi connectivity index (χ1v) is 11.4. The predicted octanol–water partition coefficient (Wildman–Crippen LogP) is 3.94. The van der Waals surface area contributed by atoms with Crippen LogP contribution in [0.5, 0.6) is 0 Å². The lowest BCUT2D eigenvalue weighted by molar-refractivity contribution is -0.133. The Morgan fingerprint density at radius 1 is 1.10 bits per heavy atom. The second-order valence-electron chi connectivity index (χ2n) is 8.24. The Balaban J connectivity index is 1.28. The third kappa shape index (κ3) is 4.89. The number of para-hydroxylation sites is 1. The van der Waals surface area contributed by atoms with Crippen molar-refractivity contribution >= 4 is 27.5 Å². The van der Waals surface area contributed by atoms with Crippen molar-refractivity contribution in [3.63, 3.8) is 0 Å². The third-order valence-electron chi connectivity index (χ3n) is 5.95. The first kappa shape index (κ1) is 21.0. The van der Waals surface area contributed by atoms with Gasteiger partial charge >= 0.3 is 0 Å². The van der Waals surface area contributed by atoms with Gasteiger partial charge in [0.15, 0.2) is 0 Å². The number of piperazine rings is 1. The molecule has 6 heteroatoms. The molecule has 0 N–H and O–H groups in total. The molecule has 0 radical (unpaired) electrons. The molecule has 0 unspecified atom stereocenters. The molecule has 1 aliphatic rings. The zero-order chi connectivity index (χ0) is 21.1. The summed E-state index contributed by atoms with van der Waals surface area (Å²) in [5.74, 6) is 0.161. The second-order valence-corrected chi connectivity index (χ2v) is 9.30. The fourth-order valence-corrected chi connectivity index (χ4v) is 4.99. The number of hydrogen-bond donors (Lipinski definition) is 0. The molecule has 3 aromatic rings. The highest BCUT2D eigenvalue weighted by Gasteiger charge is 2.24. The van der Waals surface area contributed by atoms with E-state index in [-0.39, 0.29) is 11.9 Å². The second kappa shape index (κ2) is 9.25. The van der Waals surface area contributed by atoms with E-state index in [0.717, 1.165) is 43.2 Å². The maximum absolute atomic E-state index is 12.9. The zero-order valence-electron chi connectivity index (χ0n) is 18.0. The highest BCUT2D eigenvalue weighted by Crippen LogP contribution is 2.28. The number of rotatable bonds is 6. The van der Waals surface area contributed by atoms with Crippen molar-refractivity contribution < 1.29 is 4.79 Å². The monoisotopic (exact) mass is 422 g/mol. The summed E-state index contributed by atoms with van der Waals surface area (Å²) in [6.45, 7) is 9.52. The topological polar surface area (TPSA) is 39.7 Å². The van der Waals surface area contributed by atoms with Crippen LogP contribution in [0.4, 0.5) is 0 Å². The van der Waals surface area contributed by atoms with Crippen molar-refractivity contribution in [2.24, 2.45) is 0 Å². The van der Waals surface area contributed by atoms with Gasteiger partial charge in [0.25, 0.3) is 0 Å². The van der Waals surface area contributed by atoms with Crippen LogP contribution < -0.4 is 0 Å². The quantitative estimate of drug-likeness (QED) is 0.603. The van der Waals surface area contributed by atoms with Crippen molar-refractivity contribution in [2.45, 2.75) is 26.4 Å². The van der Waals surface area contributed by atoms with E-state index in [1.54, 1.807) is 11.3 Å². The zero-order valence-corrected chi connectivity index (χ0v) is 18.9. The largest absolute Gasteiger partial charge is 0.335 e. The van der Waals surface area contributed by atoms with Crippen LogP contribution in [-0.4, -0.2) is 65.4 Å². The van der Waals surface area contributed by atoms with Crippen LogP contribution in [0, 0.1) is 6.92 Å². The minimum atomic E-state index is -0.0162. The summed E-state index contributed by atoms with van der Waals surface area (Å²) < 4.78 is 1.17. The highest BCUT2D eigenvalue weighted by atomic mass is 32.1. The van der Waals surface area contributed by atoms with Crippen molar-refractivity contribution in [1.29, 1.82) is 0 Å². The van der Waals surface area contributed by atoms with E-state index >= 15 is 0 Å². The average molecular weight is 423 g/mol. The lowest BCUT2D eigenvalue weighted by Gasteiger charge is -2.35. The SMILES string of the molecule is Cc1cccc(CN2CCN(CC(=O)N(C)[C@H](C)c3nc4ccccc4s3)CC2)c1. The van der Waals surface area contributed by atoms with Crippen molar-refractivity contribution in [1.82, 2.24) is 19.7 Å². The van der Waals surface area contributed by atoms with Gasteiger partial charge in [0.1, 0.15) is 5.01 Å². The lowest BCUT2D eigenvalue weighted by atomic mass is 10.1. The first-order valence-electron chi connectivity index (χ1n) is 10.6. The molecule has 4 rings (SSSR count).